The number of halogens is 2. The zero-order valence-corrected chi connectivity index (χ0v) is 12.8. The van der Waals surface area contributed by atoms with Gasteiger partial charge in [-0.1, -0.05) is 17.7 Å². The summed E-state index contributed by atoms with van der Waals surface area (Å²) in [6, 6.07) is 8.53. The molecular weight excluding hydrogens is 318 g/mol. The highest BCUT2D eigenvalue weighted by molar-refractivity contribution is 9.10. The number of anilines is 1. The van der Waals surface area contributed by atoms with Crippen LogP contribution >= 0.6 is 38.9 Å². The van der Waals surface area contributed by atoms with Crippen molar-refractivity contribution >= 4 is 44.6 Å². The summed E-state index contributed by atoms with van der Waals surface area (Å²) >= 11 is 11.1. The molecule has 0 aliphatic rings. The van der Waals surface area contributed by atoms with E-state index in [4.69, 9.17) is 11.6 Å². The summed E-state index contributed by atoms with van der Waals surface area (Å²) < 4.78 is 1.91. The Labute approximate surface area is 119 Å². The van der Waals surface area contributed by atoms with Crippen LogP contribution in [0.1, 0.15) is 24.1 Å². The predicted molar refractivity (Wildman–Crippen MR) is 80.2 cm³/mol. The second kappa shape index (κ2) is 5.42. The van der Waals surface area contributed by atoms with Gasteiger partial charge in [-0.15, -0.1) is 11.3 Å². The van der Waals surface area contributed by atoms with Crippen LogP contribution in [-0.2, 0) is 0 Å². The number of thiophene rings is 1. The van der Waals surface area contributed by atoms with Crippen molar-refractivity contribution in [3.05, 3.63) is 49.6 Å². The maximum atomic E-state index is 5.95. The standard InChI is InChI=1S/C13H13BrClNS/c1-8-3-4-11(14)12(5-8)16-9(2)10-6-13(15)17-7-10/h3-7,9,16H,1-2H3. The molecule has 4 heteroatoms. The number of hydrogen-bond donors (Lipinski definition) is 1. The van der Waals surface area contributed by atoms with E-state index in [0.29, 0.717) is 0 Å². The Hall–Kier alpha value is -0.510. The van der Waals surface area contributed by atoms with Gasteiger partial charge in [0.05, 0.1) is 4.34 Å². The summed E-state index contributed by atoms with van der Waals surface area (Å²) in [6.07, 6.45) is 0. The van der Waals surface area contributed by atoms with Gasteiger partial charge in [0.1, 0.15) is 0 Å². The van der Waals surface area contributed by atoms with Gasteiger partial charge in [-0.25, -0.2) is 0 Å². The van der Waals surface area contributed by atoms with E-state index < -0.39 is 0 Å². The summed E-state index contributed by atoms with van der Waals surface area (Å²) in [6.45, 7) is 4.22. The lowest BCUT2D eigenvalue weighted by Gasteiger charge is -2.16. The van der Waals surface area contributed by atoms with Crippen LogP contribution in [0.25, 0.3) is 0 Å². The van der Waals surface area contributed by atoms with Crippen molar-refractivity contribution in [2.75, 3.05) is 5.32 Å². The molecule has 1 heterocycles. The minimum absolute atomic E-state index is 0.247. The minimum Gasteiger partial charge on any atom is -0.378 e. The molecule has 2 aromatic rings. The predicted octanol–water partition coefficient (Wildman–Crippen LogP) is 5.65. The van der Waals surface area contributed by atoms with Gasteiger partial charge in [-0.05, 0) is 64.5 Å². The molecule has 90 valence electrons. The van der Waals surface area contributed by atoms with E-state index in [2.05, 4.69) is 58.7 Å². The van der Waals surface area contributed by atoms with Crippen molar-refractivity contribution in [2.24, 2.45) is 0 Å². The summed E-state index contributed by atoms with van der Waals surface area (Å²) in [5.41, 5.74) is 3.57. The average molecular weight is 331 g/mol. The van der Waals surface area contributed by atoms with E-state index in [1.807, 2.05) is 6.07 Å². The van der Waals surface area contributed by atoms with Crippen LogP contribution in [0.4, 0.5) is 5.69 Å². The van der Waals surface area contributed by atoms with E-state index in [-0.39, 0.29) is 6.04 Å². The largest absolute Gasteiger partial charge is 0.378 e. The molecule has 1 unspecified atom stereocenters. The van der Waals surface area contributed by atoms with Crippen LogP contribution in [-0.4, -0.2) is 0 Å². The Morgan fingerprint density at radius 3 is 2.76 bits per heavy atom. The zero-order valence-electron chi connectivity index (χ0n) is 9.63. The van der Waals surface area contributed by atoms with E-state index in [1.165, 1.54) is 11.1 Å². The van der Waals surface area contributed by atoms with Crippen LogP contribution in [0, 0.1) is 6.92 Å². The molecular formula is C13H13BrClNS. The normalized spacial score (nSPS) is 12.5. The van der Waals surface area contributed by atoms with Crippen molar-refractivity contribution in [1.82, 2.24) is 0 Å². The first-order valence-electron chi connectivity index (χ1n) is 5.33. The molecule has 1 nitrogen and oxygen atoms in total. The summed E-state index contributed by atoms with van der Waals surface area (Å²) in [5, 5.41) is 5.57. The molecule has 0 aliphatic carbocycles. The second-order valence-electron chi connectivity index (χ2n) is 4.03. The van der Waals surface area contributed by atoms with Crippen molar-refractivity contribution in [3.63, 3.8) is 0 Å². The molecule has 0 bridgehead atoms. The van der Waals surface area contributed by atoms with Gasteiger partial charge in [-0.2, -0.15) is 0 Å². The third kappa shape index (κ3) is 3.24. The van der Waals surface area contributed by atoms with Crippen LogP contribution in [0.15, 0.2) is 34.1 Å². The van der Waals surface area contributed by atoms with Crippen LogP contribution < -0.4 is 5.32 Å². The van der Waals surface area contributed by atoms with E-state index >= 15 is 0 Å². The lowest BCUT2D eigenvalue weighted by molar-refractivity contribution is 0.889. The lowest BCUT2D eigenvalue weighted by Crippen LogP contribution is -2.06. The lowest BCUT2D eigenvalue weighted by atomic mass is 10.1. The summed E-state index contributed by atoms with van der Waals surface area (Å²) in [4.78, 5) is 0. The molecule has 0 saturated heterocycles. The second-order valence-corrected chi connectivity index (χ2v) is 6.43. The quantitative estimate of drug-likeness (QED) is 0.767. The Balaban J connectivity index is 2.18. The first-order valence-corrected chi connectivity index (χ1v) is 7.38. The number of aryl methyl sites for hydroxylation is 1. The molecule has 17 heavy (non-hydrogen) atoms. The highest BCUT2D eigenvalue weighted by Crippen LogP contribution is 2.30. The van der Waals surface area contributed by atoms with Gasteiger partial charge in [-0.3, -0.25) is 0 Å². The molecule has 0 aliphatic heterocycles. The van der Waals surface area contributed by atoms with E-state index in [1.54, 1.807) is 11.3 Å². The molecule has 2 rings (SSSR count). The van der Waals surface area contributed by atoms with Crippen molar-refractivity contribution in [3.8, 4) is 0 Å². The summed E-state index contributed by atoms with van der Waals surface area (Å²) in [5.74, 6) is 0. The number of rotatable bonds is 3. The van der Waals surface area contributed by atoms with Gasteiger partial charge in [0.2, 0.25) is 0 Å². The average Bonchev–Trinajstić information content (AvgIpc) is 2.70. The number of benzene rings is 1. The van der Waals surface area contributed by atoms with Gasteiger partial charge in [0, 0.05) is 16.2 Å². The topological polar surface area (TPSA) is 12.0 Å². The van der Waals surface area contributed by atoms with Gasteiger partial charge in [0.15, 0.2) is 0 Å². The van der Waals surface area contributed by atoms with Crippen molar-refractivity contribution < 1.29 is 0 Å². The third-order valence-electron chi connectivity index (χ3n) is 2.58. The molecule has 1 atom stereocenters. The maximum absolute atomic E-state index is 5.95. The van der Waals surface area contributed by atoms with Gasteiger partial charge >= 0.3 is 0 Å². The van der Waals surface area contributed by atoms with Crippen LogP contribution in [0.5, 0.6) is 0 Å². The maximum Gasteiger partial charge on any atom is 0.0931 e. The van der Waals surface area contributed by atoms with Crippen molar-refractivity contribution in [2.45, 2.75) is 19.9 Å². The van der Waals surface area contributed by atoms with E-state index in [0.717, 1.165) is 14.5 Å². The third-order valence-corrected chi connectivity index (χ3v) is 4.38. The molecule has 0 saturated carbocycles. The molecule has 1 aromatic carbocycles. The molecule has 1 N–H and O–H groups in total. The van der Waals surface area contributed by atoms with Crippen LogP contribution in [0.3, 0.4) is 0 Å². The molecule has 0 spiro atoms. The highest BCUT2D eigenvalue weighted by Gasteiger charge is 2.09. The molecule has 1 aromatic heterocycles. The van der Waals surface area contributed by atoms with Crippen LogP contribution in [0.2, 0.25) is 4.34 Å². The summed E-state index contributed by atoms with van der Waals surface area (Å²) in [7, 11) is 0. The Morgan fingerprint density at radius 1 is 1.35 bits per heavy atom. The fraction of sp³-hybridized carbons (Fsp3) is 0.231. The minimum atomic E-state index is 0.247. The fourth-order valence-electron chi connectivity index (χ4n) is 1.62. The van der Waals surface area contributed by atoms with Gasteiger partial charge in [0.25, 0.3) is 0 Å². The smallest absolute Gasteiger partial charge is 0.0931 e. The Morgan fingerprint density at radius 2 is 2.12 bits per heavy atom. The number of hydrogen-bond acceptors (Lipinski definition) is 2. The zero-order chi connectivity index (χ0) is 12.4. The fourth-order valence-corrected chi connectivity index (χ4v) is 2.96. The highest BCUT2D eigenvalue weighted by atomic mass is 79.9. The molecule has 0 radical (unpaired) electrons. The molecule has 0 fully saturated rings. The van der Waals surface area contributed by atoms with E-state index in [9.17, 15) is 0 Å². The Kier molecular flexibility index (Phi) is 4.13. The SMILES string of the molecule is Cc1ccc(Br)c(NC(C)c2csc(Cl)c2)c1. The number of nitrogens with one attached hydrogen (secondary N) is 1. The first kappa shape index (κ1) is 12.9. The monoisotopic (exact) mass is 329 g/mol. The first-order chi connectivity index (χ1) is 8.06. The van der Waals surface area contributed by atoms with Gasteiger partial charge < -0.3 is 5.32 Å². The molecule has 0 amide bonds. The Bertz CT molecular complexity index is 524. The van der Waals surface area contributed by atoms with Crippen molar-refractivity contribution in [1.29, 1.82) is 0 Å².